The van der Waals surface area contributed by atoms with Gasteiger partial charge in [0.1, 0.15) is 10.6 Å². The molecule has 0 saturated carbocycles. The fourth-order valence-corrected chi connectivity index (χ4v) is 5.81. The largest absolute Gasteiger partial charge is 0.495 e. The first-order valence-corrected chi connectivity index (χ1v) is 11.6. The van der Waals surface area contributed by atoms with Crippen molar-refractivity contribution in [2.45, 2.75) is 24.2 Å². The van der Waals surface area contributed by atoms with E-state index >= 15 is 0 Å². The van der Waals surface area contributed by atoms with E-state index in [1.807, 2.05) is 0 Å². The zero-order valence-electron chi connectivity index (χ0n) is 15.9. The average molecular weight is 432 g/mol. The van der Waals surface area contributed by atoms with Gasteiger partial charge in [0.25, 0.3) is 5.91 Å². The number of thiazole rings is 1. The third kappa shape index (κ3) is 3.98. The van der Waals surface area contributed by atoms with Crippen molar-refractivity contribution in [1.29, 1.82) is 0 Å². The van der Waals surface area contributed by atoms with E-state index in [9.17, 15) is 13.2 Å². The molecule has 9 heteroatoms. The lowest BCUT2D eigenvalue weighted by Gasteiger charge is -2.26. The number of sulfonamides is 1. The minimum atomic E-state index is -3.70. The molecule has 1 aliphatic heterocycles. The predicted molar refractivity (Wildman–Crippen MR) is 113 cm³/mol. The molecule has 0 atom stereocenters. The lowest BCUT2D eigenvalue weighted by Crippen LogP contribution is -2.35. The number of carbonyl (C=O) groups is 1. The van der Waals surface area contributed by atoms with Gasteiger partial charge in [-0.3, -0.25) is 4.79 Å². The van der Waals surface area contributed by atoms with Crippen LogP contribution in [0.3, 0.4) is 0 Å². The molecule has 3 aromatic rings. The Bertz CT molecular complexity index is 1150. The Hall–Kier alpha value is -2.49. The van der Waals surface area contributed by atoms with Gasteiger partial charge in [0.15, 0.2) is 0 Å². The van der Waals surface area contributed by atoms with Crippen LogP contribution in [0.25, 0.3) is 10.2 Å². The normalized spacial score (nSPS) is 15.3. The summed E-state index contributed by atoms with van der Waals surface area (Å²) in [6.07, 6.45) is 2.72. The standard InChI is InChI=1S/C20H21N3O4S2/c1-27-17-8-6-15(12-19(17)29(25,26)23-9-3-2-4-10-23)22-20(24)14-5-7-16-18(11-14)28-13-21-16/h5-8,11-13H,2-4,9-10H2,1H3,(H,22,24). The van der Waals surface area contributed by atoms with Crippen molar-refractivity contribution in [2.75, 3.05) is 25.5 Å². The number of hydrogen-bond acceptors (Lipinski definition) is 6. The van der Waals surface area contributed by atoms with Crippen molar-refractivity contribution < 1.29 is 17.9 Å². The number of fused-ring (bicyclic) bond motifs is 1. The number of amides is 1. The summed E-state index contributed by atoms with van der Waals surface area (Å²) in [6, 6.07) is 9.94. The topological polar surface area (TPSA) is 88.6 Å². The smallest absolute Gasteiger partial charge is 0.255 e. The molecular formula is C20H21N3O4S2. The van der Waals surface area contributed by atoms with Gasteiger partial charge in [0, 0.05) is 24.3 Å². The number of anilines is 1. The Morgan fingerprint density at radius 3 is 2.69 bits per heavy atom. The van der Waals surface area contributed by atoms with Crippen LogP contribution in [0.4, 0.5) is 5.69 Å². The van der Waals surface area contributed by atoms with Gasteiger partial charge in [-0.2, -0.15) is 4.31 Å². The maximum Gasteiger partial charge on any atom is 0.255 e. The van der Waals surface area contributed by atoms with Crippen LogP contribution in [-0.4, -0.2) is 43.8 Å². The second kappa shape index (κ2) is 8.10. The molecule has 29 heavy (non-hydrogen) atoms. The van der Waals surface area contributed by atoms with Crippen molar-refractivity contribution in [3.63, 3.8) is 0 Å². The van der Waals surface area contributed by atoms with Crippen molar-refractivity contribution in [3.8, 4) is 5.75 Å². The summed E-state index contributed by atoms with van der Waals surface area (Å²) in [4.78, 5) is 17.0. The van der Waals surface area contributed by atoms with Gasteiger partial charge in [-0.05, 0) is 49.2 Å². The first kappa shape index (κ1) is 19.8. The minimum Gasteiger partial charge on any atom is -0.495 e. The third-order valence-electron chi connectivity index (χ3n) is 4.95. The summed E-state index contributed by atoms with van der Waals surface area (Å²) in [6.45, 7) is 0.994. The van der Waals surface area contributed by atoms with E-state index in [0.717, 1.165) is 29.5 Å². The number of nitrogens with zero attached hydrogens (tertiary/aromatic N) is 2. The first-order chi connectivity index (χ1) is 14.0. The molecule has 0 spiro atoms. The summed E-state index contributed by atoms with van der Waals surface area (Å²) in [5.41, 5.74) is 3.45. The highest BCUT2D eigenvalue weighted by atomic mass is 32.2. The monoisotopic (exact) mass is 431 g/mol. The number of carbonyl (C=O) groups excluding carboxylic acids is 1. The minimum absolute atomic E-state index is 0.0672. The van der Waals surface area contributed by atoms with Crippen LogP contribution in [0, 0.1) is 0 Å². The Kier molecular flexibility index (Phi) is 5.53. The Morgan fingerprint density at radius 1 is 1.14 bits per heavy atom. The number of rotatable bonds is 5. The lowest BCUT2D eigenvalue weighted by atomic mass is 10.2. The highest BCUT2D eigenvalue weighted by Crippen LogP contribution is 2.31. The maximum absolute atomic E-state index is 13.1. The Balaban J connectivity index is 1.62. The number of hydrogen-bond donors (Lipinski definition) is 1. The van der Waals surface area contributed by atoms with Crippen LogP contribution in [0.2, 0.25) is 0 Å². The van der Waals surface area contributed by atoms with E-state index < -0.39 is 10.0 Å². The van der Waals surface area contributed by atoms with E-state index in [1.54, 1.807) is 35.8 Å². The number of aromatic nitrogens is 1. The van der Waals surface area contributed by atoms with Gasteiger partial charge >= 0.3 is 0 Å². The van der Waals surface area contributed by atoms with Crippen molar-refractivity contribution >= 4 is 43.2 Å². The van der Waals surface area contributed by atoms with E-state index in [-0.39, 0.29) is 16.6 Å². The molecular weight excluding hydrogens is 410 g/mol. The second-order valence-electron chi connectivity index (χ2n) is 6.82. The zero-order chi connectivity index (χ0) is 20.4. The van der Waals surface area contributed by atoms with Crippen molar-refractivity contribution in [3.05, 3.63) is 47.5 Å². The van der Waals surface area contributed by atoms with Crippen molar-refractivity contribution in [2.24, 2.45) is 0 Å². The second-order valence-corrected chi connectivity index (χ2v) is 9.61. The molecule has 1 aliphatic rings. The third-order valence-corrected chi connectivity index (χ3v) is 7.66. The van der Waals surface area contributed by atoms with Gasteiger partial charge in [0.05, 0.1) is 22.8 Å². The molecule has 152 valence electrons. The summed E-state index contributed by atoms with van der Waals surface area (Å²) in [7, 11) is -2.26. The highest BCUT2D eigenvalue weighted by molar-refractivity contribution is 7.89. The van der Waals surface area contributed by atoms with Crippen LogP contribution in [0.15, 0.2) is 46.8 Å². The fourth-order valence-electron chi connectivity index (χ4n) is 3.40. The van der Waals surface area contributed by atoms with Gasteiger partial charge in [-0.25, -0.2) is 13.4 Å². The molecule has 0 aliphatic carbocycles. The molecule has 1 N–H and O–H groups in total. The summed E-state index contributed by atoms with van der Waals surface area (Å²) < 4.78 is 33.9. The van der Waals surface area contributed by atoms with Gasteiger partial charge < -0.3 is 10.1 Å². The molecule has 1 aromatic heterocycles. The van der Waals surface area contributed by atoms with E-state index in [1.165, 1.54) is 28.8 Å². The Labute approximate surface area is 173 Å². The summed E-state index contributed by atoms with van der Waals surface area (Å²) in [5.74, 6) is -0.0496. The molecule has 2 heterocycles. The van der Waals surface area contributed by atoms with E-state index in [0.29, 0.717) is 24.3 Å². The SMILES string of the molecule is COc1ccc(NC(=O)c2ccc3ncsc3c2)cc1S(=O)(=O)N1CCCCC1. The van der Waals surface area contributed by atoms with Crippen LogP contribution < -0.4 is 10.1 Å². The number of methoxy groups -OCH3 is 1. The fraction of sp³-hybridized carbons (Fsp3) is 0.300. The van der Waals surface area contributed by atoms with E-state index in [2.05, 4.69) is 10.3 Å². The number of ether oxygens (including phenoxy) is 1. The average Bonchev–Trinajstić information content (AvgIpc) is 3.22. The first-order valence-electron chi connectivity index (χ1n) is 9.32. The van der Waals surface area contributed by atoms with Crippen LogP contribution in [-0.2, 0) is 10.0 Å². The van der Waals surface area contributed by atoms with Gasteiger partial charge in [-0.15, -0.1) is 11.3 Å². The molecule has 7 nitrogen and oxygen atoms in total. The maximum atomic E-state index is 13.1. The lowest BCUT2D eigenvalue weighted by molar-refractivity contribution is 0.102. The summed E-state index contributed by atoms with van der Waals surface area (Å²) in [5, 5.41) is 2.79. The molecule has 1 fully saturated rings. The molecule has 4 rings (SSSR count). The van der Waals surface area contributed by atoms with Crippen LogP contribution in [0.5, 0.6) is 5.75 Å². The molecule has 0 radical (unpaired) electrons. The zero-order valence-corrected chi connectivity index (χ0v) is 17.6. The quantitative estimate of drug-likeness (QED) is 0.665. The molecule has 1 amide bonds. The molecule has 1 saturated heterocycles. The highest BCUT2D eigenvalue weighted by Gasteiger charge is 2.29. The molecule has 0 unspecified atom stereocenters. The predicted octanol–water partition coefficient (Wildman–Crippen LogP) is 3.73. The molecule has 0 bridgehead atoms. The number of piperidine rings is 1. The van der Waals surface area contributed by atoms with Gasteiger partial charge in [-0.1, -0.05) is 6.42 Å². The van der Waals surface area contributed by atoms with E-state index in [4.69, 9.17) is 4.74 Å². The Morgan fingerprint density at radius 2 is 1.93 bits per heavy atom. The van der Waals surface area contributed by atoms with Crippen molar-refractivity contribution in [1.82, 2.24) is 9.29 Å². The van der Waals surface area contributed by atoms with Crippen LogP contribution >= 0.6 is 11.3 Å². The summed E-state index contributed by atoms with van der Waals surface area (Å²) >= 11 is 1.46. The number of benzene rings is 2. The van der Waals surface area contributed by atoms with Gasteiger partial charge in [0.2, 0.25) is 10.0 Å². The van der Waals surface area contributed by atoms with Crippen LogP contribution in [0.1, 0.15) is 29.6 Å². The molecule has 2 aromatic carbocycles. The number of nitrogens with one attached hydrogen (secondary N) is 1.